The minimum atomic E-state index is -7.96. The Bertz CT molecular complexity index is 1400. The quantitative estimate of drug-likeness (QED) is 0.0730. The summed E-state index contributed by atoms with van der Waals surface area (Å²) in [5.41, 5.74) is 1.76. The normalized spacial score (nSPS) is 14.4. The second-order valence-corrected chi connectivity index (χ2v) is 11.5. The Morgan fingerprint density at radius 3 is 1.74 bits per heavy atom. The molecular weight excluding hydrogens is 784 g/mol. The van der Waals surface area contributed by atoms with Crippen molar-refractivity contribution in [2.75, 3.05) is 33.0 Å². The molecule has 0 aliphatic heterocycles. The van der Waals surface area contributed by atoms with Crippen LogP contribution < -0.4 is 4.74 Å². The third-order valence-electron chi connectivity index (χ3n) is 6.94. The average Bonchev–Trinajstić information content (AvgIpc) is 3.05. The summed E-state index contributed by atoms with van der Waals surface area (Å²) in [7, 11) is 0. The van der Waals surface area contributed by atoms with Crippen LogP contribution in [0.2, 0.25) is 0 Å². The zero-order valence-electron chi connectivity index (χ0n) is 28.0. The van der Waals surface area contributed by atoms with Gasteiger partial charge in [-0.1, -0.05) is 32.6 Å². The average molecular weight is 819 g/mol. The van der Waals surface area contributed by atoms with E-state index in [1.807, 2.05) is 0 Å². The molecule has 0 saturated carbocycles. The maximum absolute atomic E-state index is 13.9. The van der Waals surface area contributed by atoms with Gasteiger partial charge in [-0.3, -0.25) is 0 Å². The molecule has 23 heteroatoms. The fourth-order valence-electron chi connectivity index (χ4n) is 4.10. The number of nitrogens with zero attached hydrogens (tertiary/aromatic N) is 2. The Morgan fingerprint density at radius 1 is 0.611 bits per heavy atom. The fraction of sp³-hybridized carbons (Fsp3) is 0.677. The fourth-order valence-corrected chi connectivity index (χ4v) is 4.10. The molecule has 2 rings (SSSR count). The maximum atomic E-state index is 13.9. The molecule has 0 bridgehead atoms. The van der Waals surface area contributed by atoms with Crippen LogP contribution in [0.15, 0.2) is 36.7 Å². The molecule has 0 fully saturated rings. The lowest BCUT2D eigenvalue weighted by molar-refractivity contribution is -0.543. The van der Waals surface area contributed by atoms with Crippen LogP contribution in [0.4, 0.5) is 70.2 Å². The van der Waals surface area contributed by atoms with Gasteiger partial charge in [-0.15, -0.1) is 0 Å². The van der Waals surface area contributed by atoms with Crippen molar-refractivity contribution in [2.24, 2.45) is 0 Å². The lowest BCUT2D eigenvalue weighted by Crippen LogP contribution is -2.64. The van der Waals surface area contributed by atoms with Crippen molar-refractivity contribution in [2.45, 2.75) is 100 Å². The maximum Gasteiger partial charge on any atom is 0.460 e. The van der Waals surface area contributed by atoms with Crippen molar-refractivity contribution in [3.63, 3.8) is 0 Å². The van der Waals surface area contributed by atoms with E-state index in [2.05, 4.69) is 26.4 Å². The first-order valence-electron chi connectivity index (χ1n) is 15.9. The van der Waals surface area contributed by atoms with Gasteiger partial charge in [-0.25, -0.2) is 23.8 Å². The summed E-state index contributed by atoms with van der Waals surface area (Å²) in [5.74, 6) is -14.8. The molecule has 0 spiro atoms. The monoisotopic (exact) mass is 818 g/mol. The molecule has 7 nitrogen and oxygen atoms in total. The van der Waals surface area contributed by atoms with E-state index < -0.39 is 68.4 Å². The number of unbranched alkanes of at least 4 members (excludes halogenated alkanes) is 4. The third kappa shape index (κ3) is 13.2. The van der Waals surface area contributed by atoms with Crippen LogP contribution in [0.5, 0.6) is 5.75 Å². The van der Waals surface area contributed by atoms with E-state index in [0.29, 0.717) is 11.6 Å². The lowest BCUT2D eigenvalue weighted by Gasteiger charge is -2.36. The number of alkyl halides is 16. The van der Waals surface area contributed by atoms with Gasteiger partial charge in [0.2, 0.25) is 0 Å². The van der Waals surface area contributed by atoms with E-state index in [1.165, 1.54) is 17.6 Å². The van der Waals surface area contributed by atoms with Crippen LogP contribution in [0.1, 0.15) is 51.0 Å². The van der Waals surface area contributed by atoms with Crippen molar-refractivity contribution in [1.82, 2.24) is 9.97 Å². The Hall–Kier alpha value is -3.18. The Kier molecular flexibility index (Phi) is 16.6. The zero-order chi connectivity index (χ0) is 41.1. The van der Waals surface area contributed by atoms with E-state index in [9.17, 15) is 70.2 Å². The van der Waals surface area contributed by atoms with Crippen molar-refractivity contribution < 1.29 is 93.9 Å². The van der Waals surface area contributed by atoms with Crippen molar-refractivity contribution in [3.05, 3.63) is 42.2 Å². The highest BCUT2D eigenvalue weighted by molar-refractivity contribution is 5.55. The number of benzene rings is 1. The Morgan fingerprint density at radius 2 is 1.17 bits per heavy atom. The summed E-state index contributed by atoms with van der Waals surface area (Å²) in [6.45, 7) is -2.69. The van der Waals surface area contributed by atoms with Gasteiger partial charge in [-0.2, -0.15) is 65.9 Å². The van der Waals surface area contributed by atoms with Gasteiger partial charge in [0.25, 0.3) is 0 Å². The molecule has 0 N–H and O–H groups in total. The molecule has 1 aromatic carbocycles. The molecule has 1 heterocycles. The Balaban J connectivity index is 1.72. The third-order valence-corrected chi connectivity index (χ3v) is 6.94. The van der Waals surface area contributed by atoms with Gasteiger partial charge < -0.3 is 14.2 Å². The molecule has 0 amide bonds. The van der Waals surface area contributed by atoms with Crippen LogP contribution in [-0.2, 0) is 25.4 Å². The van der Waals surface area contributed by atoms with Gasteiger partial charge in [0.1, 0.15) is 18.5 Å². The summed E-state index contributed by atoms with van der Waals surface area (Å²) in [6, 6.07) is 6.74. The van der Waals surface area contributed by atoms with Gasteiger partial charge in [0.15, 0.2) is 5.82 Å². The standard InChI is InChI=1S/C31H34F16N2O5/c1-2-3-4-5-6-8-20-15-48-24(49-16-20)21-9-11-23(12-10-21)52-14-7-13-50-17-22(32)18-51-19-25(33,34)53-30(44,45)31(46,47)54-29(42,43)27(37,38)26(35,36)28(39,40)41/h9-12,15-16,22H,2-8,13-14,17-19H2,1H3/t22-/m0/s1. The molecule has 0 radical (unpaired) electrons. The van der Waals surface area contributed by atoms with Crippen LogP contribution in [0.3, 0.4) is 0 Å². The number of halogens is 16. The number of hydrogen-bond donors (Lipinski definition) is 0. The molecule has 1 atom stereocenters. The van der Waals surface area contributed by atoms with E-state index >= 15 is 0 Å². The second kappa shape index (κ2) is 19.1. The van der Waals surface area contributed by atoms with E-state index in [1.54, 1.807) is 36.7 Å². The van der Waals surface area contributed by atoms with E-state index in [0.717, 1.165) is 36.8 Å². The van der Waals surface area contributed by atoms with Gasteiger partial charge in [0, 0.05) is 31.0 Å². The highest BCUT2D eigenvalue weighted by Gasteiger charge is 2.85. The predicted octanol–water partition coefficient (Wildman–Crippen LogP) is 10.0. The summed E-state index contributed by atoms with van der Waals surface area (Å²) in [6.07, 6.45) is -27.4. The number of aromatic nitrogens is 2. The minimum absolute atomic E-state index is 0.0662. The van der Waals surface area contributed by atoms with Crippen molar-refractivity contribution >= 4 is 0 Å². The number of hydrogen-bond acceptors (Lipinski definition) is 7. The highest BCUT2D eigenvalue weighted by Crippen LogP contribution is 2.56. The molecule has 1 aromatic heterocycles. The first-order chi connectivity index (χ1) is 24.8. The lowest BCUT2D eigenvalue weighted by atomic mass is 10.1. The van der Waals surface area contributed by atoms with Crippen molar-refractivity contribution in [3.8, 4) is 17.1 Å². The molecular formula is C31H34F16N2O5. The first-order valence-corrected chi connectivity index (χ1v) is 15.9. The van der Waals surface area contributed by atoms with Crippen LogP contribution in [-0.4, -0.2) is 91.6 Å². The highest BCUT2D eigenvalue weighted by atomic mass is 19.4. The first kappa shape index (κ1) is 47.0. The second-order valence-electron chi connectivity index (χ2n) is 11.5. The Labute approximate surface area is 297 Å². The largest absolute Gasteiger partial charge is 0.494 e. The summed E-state index contributed by atoms with van der Waals surface area (Å²) < 4.78 is 228. The zero-order valence-corrected chi connectivity index (χ0v) is 28.0. The van der Waals surface area contributed by atoms with Crippen LogP contribution in [0.25, 0.3) is 11.4 Å². The minimum Gasteiger partial charge on any atom is -0.494 e. The molecule has 2 aromatic rings. The van der Waals surface area contributed by atoms with Gasteiger partial charge in [0.05, 0.1) is 19.8 Å². The van der Waals surface area contributed by atoms with Crippen molar-refractivity contribution in [1.29, 1.82) is 0 Å². The summed E-state index contributed by atoms with van der Waals surface area (Å²) in [4.78, 5) is 8.77. The number of ether oxygens (including phenoxy) is 5. The van der Waals surface area contributed by atoms with E-state index in [-0.39, 0.29) is 19.6 Å². The van der Waals surface area contributed by atoms with Crippen LogP contribution >= 0.6 is 0 Å². The summed E-state index contributed by atoms with van der Waals surface area (Å²) >= 11 is 0. The molecule has 0 aliphatic carbocycles. The molecule has 0 aliphatic rings. The number of rotatable bonds is 25. The van der Waals surface area contributed by atoms with Gasteiger partial charge >= 0.3 is 42.5 Å². The smallest absolute Gasteiger partial charge is 0.460 e. The molecule has 310 valence electrons. The predicted molar refractivity (Wildman–Crippen MR) is 154 cm³/mol. The van der Waals surface area contributed by atoms with Gasteiger partial charge in [-0.05, 0) is 42.7 Å². The summed E-state index contributed by atoms with van der Waals surface area (Å²) in [5, 5.41) is 0. The SMILES string of the molecule is CCCCCCCc1cnc(-c2ccc(OCCCOC[C@H](F)COCC(F)(F)OC(F)(F)C(F)(F)OC(F)(F)C(F)(F)C(F)(F)C(F)(F)F)cc2)nc1. The molecule has 0 unspecified atom stereocenters. The number of aryl methyl sites for hydroxylation is 1. The van der Waals surface area contributed by atoms with E-state index in [4.69, 9.17) is 9.47 Å². The molecule has 0 saturated heterocycles. The topological polar surface area (TPSA) is 71.9 Å². The van der Waals surface area contributed by atoms with Crippen LogP contribution in [0, 0.1) is 0 Å². The molecule has 54 heavy (non-hydrogen) atoms.